The third-order valence-electron chi connectivity index (χ3n) is 2.82. The molecule has 2 nitrogen and oxygen atoms in total. The molecular weight excluding hydrogens is 229 g/mol. The van der Waals surface area contributed by atoms with Crippen molar-refractivity contribution >= 4 is 5.69 Å². The number of hydrogen-bond donors (Lipinski definition) is 0. The Bertz CT molecular complexity index is 510. The van der Waals surface area contributed by atoms with E-state index >= 15 is 0 Å². The normalized spacial score (nSPS) is 10.2. The van der Waals surface area contributed by atoms with Crippen molar-refractivity contribution in [3.63, 3.8) is 0 Å². The third-order valence-corrected chi connectivity index (χ3v) is 2.82. The van der Waals surface area contributed by atoms with E-state index in [2.05, 4.69) is 4.90 Å². The van der Waals surface area contributed by atoms with Crippen LogP contribution in [0.15, 0.2) is 48.5 Å². The number of benzene rings is 2. The van der Waals surface area contributed by atoms with E-state index in [1.54, 1.807) is 19.2 Å². The van der Waals surface area contributed by atoms with Crippen molar-refractivity contribution < 1.29 is 9.13 Å². The zero-order chi connectivity index (χ0) is 13.0. The van der Waals surface area contributed by atoms with Gasteiger partial charge in [-0.05, 0) is 42.0 Å². The Morgan fingerprint density at radius 3 is 2.44 bits per heavy atom. The number of methoxy groups -OCH3 is 1. The van der Waals surface area contributed by atoms with Gasteiger partial charge >= 0.3 is 0 Å². The summed E-state index contributed by atoms with van der Waals surface area (Å²) in [6.07, 6.45) is 0. The van der Waals surface area contributed by atoms with Crippen molar-refractivity contribution in [3.8, 4) is 5.75 Å². The van der Waals surface area contributed by atoms with Crippen molar-refractivity contribution in [2.24, 2.45) is 0 Å². The van der Waals surface area contributed by atoms with Crippen LogP contribution >= 0.6 is 0 Å². The molecule has 0 bridgehead atoms. The van der Waals surface area contributed by atoms with E-state index in [4.69, 9.17) is 4.74 Å². The summed E-state index contributed by atoms with van der Waals surface area (Å²) in [4.78, 5) is 2.06. The van der Waals surface area contributed by atoms with Crippen LogP contribution in [0, 0.1) is 5.82 Å². The zero-order valence-corrected chi connectivity index (χ0v) is 10.6. The van der Waals surface area contributed by atoms with E-state index in [-0.39, 0.29) is 5.82 Å². The number of rotatable bonds is 4. The lowest BCUT2D eigenvalue weighted by Gasteiger charge is -2.19. The molecule has 0 amide bonds. The summed E-state index contributed by atoms with van der Waals surface area (Å²) in [5, 5.41) is 0. The summed E-state index contributed by atoms with van der Waals surface area (Å²) in [5.74, 6) is 0.633. The number of anilines is 1. The minimum absolute atomic E-state index is 0.198. The van der Waals surface area contributed by atoms with Crippen LogP contribution in [0.5, 0.6) is 5.75 Å². The van der Waals surface area contributed by atoms with Crippen molar-refractivity contribution in [3.05, 3.63) is 59.9 Å². The fraction of sp³-hybridized carbons (Fsp3) is 0.200. The Balaban J connectivity index is 2.09. The lowest BCUT2D eigenvalue weighted by Crippen LogP contribution is -2.16. The molecule has 0 unspecified atom stereocenters. The van der Waals surface area contributed by atoms with Crippen molar-refractivity contribution in [1.29, 1.82) is 0 Å². The van der Waals surface area contributed by atoms with Gasteiger partial charge in [-0.2, -0.15) is 0 Å². The molecule has 0 atom stereocenters. The lowest BCUT2D eigenvalue weighted by molar-refractivity contribution is 0.415. The third kappa shape index (κ3) is 3.00. The molecule has 0 fully saturated rings. The summed E-state index contributed by atoms with van der Waals surface area (Å²) in [7, 11) is 3.62. The molecule has 0 heterocycles. The number of nitrogens with zero attached hydrogens (tertiary/aromatic N) is 1. The van der Waals surface area contributed by atoms with Gasteiger partial charge in [0, 0.05) is 19.3 Å². The first-order valence-corrected chi connectivity index (χ1v) is 5.78. The highest BCUT2D eigenvalue weighted by Gasteiger charge is 2.03. The highest BCUT2D eigenvalue weighted by Crippen LogP contribution is 2.19. The molecule has 2 rings (SSSR count). The predicted octanol–water partition coefficient (Wildman–Crippen LogP) is 3.47. The molecule has 94 valence electrons. The van der Waals surface area contributed by atoms with Crippen LogP contribution < -0.4 is 9.64 Å². The van der Waals surface area contributed by atoms with Gasteiger partial charge in [-0.1, -0.05) is 12.1 Å². The molecular formula is C15H16FNO. The fourth-order valence-corrected chi connectivity index (χ4v) is 1.84. The SMILES string of the molecule is COc1ccc(N(C)Cc2cccc(F)c2)cc1. The maximum absolute atomic E-state index is 13.1. The summed E-state index contributed by atoms with van der Waals surface area (Å²) in [6.45, 7) is 0.671. The summed E-state index contributed by atoms with van der Waals surface area (Å²) in [6, 6.07) is 14.5. The standard InChI is InChI=1S/C15H16FNO/c1-17(11-12-4-3-5-13(16)10-12)14-6-8-15(18-2)9-7-14/h3-10H,11H2,1-2H3. The first kappa shape index (κ1) is 12.4. The zero-order valence-electron chi connectivity index (χ0n) is 10.6. The largest absolute Gasteiger partial charge is 0.497 e. The topological polar surface area (TPSA) is 12.5 Å². The number of hydrogen-bond acceptors (Lipinski definition) is 2. The molecule has 0 radical (unpaired) electrons. The molecule has 0 saturated carbocycles. The molecule has 18 heavy (non-hydrogen) atoms. The molecule has 0 saturated heterocycles. The van der Waals surface area contributed by atoms with Gasteiger partial charge in [0.15, 0.2) is 0 Å². The maximum atomic E-state index is 13.1. The van der Waals surface area contributed by atoms with Gasteiger partial charge in [0.1, 0.15) is 11.6 Å². The van der Waals surface area contributed by atoms with Crippen LogP contribution in [-0.2, 0) is 6.54 Å². The Morgan fingerprint density at radius 2 is 1.83 bits per heavy atom. The Morgan fingerprint density at radius 1 is 1.11 bits per heavy atom. The summed E-state index contributed by atoms with van der Waals surface area (Å²) >= 11 is 0. The van der Waals surface area contributed by atoms with Gasteiger partial charge in [0.2, 0.25) is 0 Å². The second-order valence-electron chi connectivity index (χ2n) is 4.18. The van der Waals surface area contributed by atoms with E-state index in [0.717, 1.165) is 17.0 Å². The van der Waals surface area contributed by atoms with E-state index in [0.29, 0.717) is 6.54 Å². The minimum Gasteiger partial charge on any atom is -0.497 e. The average Bonchev–Trinajstić information content (AvgIpc) is 2.39. The molecule has 2 aromatic carbocycles. The smallest absolute Gasteiger partial charge is 0.123 e. The summed E-state index contributed by atoms with van der Waals surface area (Å²) in [5.41, 5.74) is 2.02. The van der Waals surface area contributed by atoms with E-state index in [9.17, 15) is 4.39 Å². The van der Waals surface area contributed by atoms with Gasteiger partial charge in [0.25, 0.3) is 0 Å². The quantitative estimate of drug-likeness (QED) is 0.817. The van der Waals surface area contributed by atoms with Gasteiger partial charge in [-0.15, -0.1) is 0 Å². The maximum Gasteiger partial charge on any atom is 0.123 e. The Labute approximate surface area is 107 Å². The van der Waals surface area contributed by atoms with Crippen molar-refractivity contribution in [2.75, 3.05) is 19.1 Å². The first-order chi connectivity index (χ1) is 8.69. The summed E-state index contributed by atoms with van der Waals surface area (Å²) < 4.78 is 18.2. The van der Waals surface area contributed by atoms with E-state index in [1.165, 1.54) is 6.07 Å². The molecule has 0 aliphatic rings. The minimum atomic E-state index is -0.198. The van der Waals surface area contributed by atoms with E-state index < -0.39 is 0 Å². The van der Waals surface area contributed by atoms with Crippen LogP contribution in [0.25, 0.3) is 0 Å². The van der Waals surface area contributed by atoms with Gasteiger partial charge in [-0.3, -0.25) is 0 Å². The van der Waals surface area contributed by atoms with Gasteiger partial charge < -0.3 is 9.64 Å². The van der Waals surface area contributed by atoms with Gasteiger partial charge in [-0.25, -0.2) is 4.39 Å². The van der Waals surface area contributed by atoms with Crippen LogP contribution in [0.3, 0.4) is 0 Å². The van der Waals surface area contributed by atoms with Gasteiger partial charge in [0.05, 0.1) is 7.11 Å². The second kappa shape index (κ2) is 5.54. The molecule has 0 aliphatic carbocycles. The number of halogens is 1. The fourth-order valence-electron chi connectivity index (χ4n) is 1.84. The Hall–Kier alpha value is -2.03. The molecule has 0 N–H and O–H groups in total. The molecule has 0 spiro atoms. The second-order valence-corrected chi connectivity index (χ2v) is 4.18. The predicted molar refractivity (Wildman–Crippen MR) is 71.5 cm³/mol. The van der Waals surface area contributed by atoms with Crippen molar-refractivity contribution in [1.82, 2.24) is 0 Å². The van der Waals surface area contributed by atoms with E-state index in [1.807, 2.05) is 37.4 Å². The van der Waals surface area contributed by atoms with Crippen LogP contribution in [-0.4, -0.2) is 14.2 Å². The van der Waals surface area contributed by atoms with Crippen LogP contribution in [0.1, 0.15) is 5.56 Å². The monoisotopic (exact) mass is 245 g/mol. The van der Waals surface area contributed by atoms with Crippen LogP contribution in [0.4, 0.5) is 10.1 Å². The molecule has 0 aliphatic heterocycles. The molecule has 2 aromatic rings. The van der Waals surface area contributed by atoms with Crippen LogP contribution in [0.2, 0.25) is 0 Å². The molecule has 3 heteroatoms. The highest BCUT2D eigenvalue weighted by atomic mass is 19.1. The lowest BCUT2D eigenvalue weighted by atomic mass is 10.2. The van der Waals surface area contributed by atoms with Crippen molar-refractivity contribution in [2.45, 2.75) is 6.54 Å². The Kier molecular flexibility index (Phi) is 3.82. The average molecular weight is 245 g/mol. The first-order valence-electron chi connectivity index (χ1n) is 5.78. The highest BCUT2D eigenvalue weighted by molar-refractivity contribution is 5.48. The number of ether oxygens (including phenoxy) is 1. The molecule has 0 aromatic heterocycles.